The van der Waals surface area contributed by atoms with Crippen LogP contribution in [-0.4, -0.2) is 46.0 Å². The van der Waals surface area contributed by atoms with Crippen LogP contribution in [0.4, 0.5) is 10.4 Å². The summed E-state index contributed by atoms with van der Waals surface area (Å²) in [6, 6.07) is 2.30. The first-order chi connectivity index (χ1) is 13.1. The molecule has 2 aromatic heterocycles. The fourth-order valence-corrected chi connectivity index (χ4v) is 4.57. The minimum Gasteiger partial charge on any atom is -0.408 e. The van der Waals surface area contributed by atoms with Crippen LogP contribution in [0.1, 0.15) is 43.2 Å². The summed E-state index contributed by atoms with van der Waals surface area (Å²) in [6.45, 7) is 4.60. The molecule has 2 unspecified atom stereocenters. The molecule has 0 aromatic carbocycles. The number of hydrogen-bond acceptors (Lipinski definition) is 7. The second-order valence-electron chi connectivity index (χ2n) is 7.98. The third-order valence-corrected chi connectivity index (χ3v) is 6.23. The fraction of sp³-hybridized carbons (Fsp3) is 0.579. The van der Waals surface area contributed by atoms with Gasteiger partial charge >= 0.3 is 6.01 Å². The summed E-state index contributed by atoms with van der Waals surface area (Å²) in [5, 5.41) is 14.9. The number of aromatic nitrogens is 3. The van der Waals surface area contributed by atoms with Crippen LogP contribution in [0.2, 0.25) is 0 Å². The number of rotatable bonds is 4. The van der Waals surface area contributed by atoms with E-state index < -0.39 is 0 Å². The molecular formula is C19H23FN6O. The zero-order valence-corrected chi connectivity index (χ0v) is 15.4. The van der Waals surface area contributed by atoms with Crippen molar-refractivity contribution in [1.82, 2.24) is 20.2 Å². The summed E-state index contributed by atoms with van der Waals surface area (Å²) in [5.74, 6) is 0.883. The zero-order chi connectivity index (χ0) is 18.4. The second kappa shape index (κ2) is 6.28. The Morgan fingerprint density at radius 2 is 2.19 bits per heavy atom. The third kappa shape index (κ3) is 3.07. The maximum absolute atomic E-state index is 13.6. The Balaban J connectivity index is 1.29. The smallest absolute Gasteiger partial charge is 0.318 e. The van der Waals surface area contributed by atoms with E-state index >= 15 is 0 Å². The summed E-state index contributed by atoms with van der Waals surface area (Å²) in [4.78, 5) is 6.24. The van der Waals surface area contributed by atoms with Gasteiger partial charge in [0.15, 0.2) is 0 Å². The highest BCUT2D eigenvalue weighted by molar-refractivity contribution is 5.60. The summed E-state index contributed by atoms with van der Waals surface area (Å²) in [6.07, 6.45) is 9.27. The van der Waals surface area contributed by atoms with Crippen LogP contribution in [0.3, 0.4) is 0 Å². The van der Waals surface area contributed by atoms with Gasteiger partial charge in [0, 0.05) is 45.4 Å². The first-order valence-electron chi connectivity index (χ1n) is 9.58. The van der Waals surface area contributed by atoms with Gasteiger partial charge in [-0.3, -0.25) is 9.99 Å². The monoisotopic (exact) mass is 370 g/mol. The van der Waals surface area contributed by atoms with Crippen LogP contribution in [0, 0.1) is 24.1 Å². The number of aryl methyl sites for hydroxylation is 1. The van der Waals surface area contributed by atoms with E-state index in [2.05, 4.69) is 30.2 Å². The van der Waals surface area contributed by atoms with E-state index in [1.165, 1.54) is 19.0 Å². The van der Waals surface area contributed by atoms with Gasteiger partial charge in [-0.25, -0.2) is 4.39 Å². The van der Waals surface area contributed by atoms with Gasteiger partial charge in [-0.1, -0.05) is 5.10 Å². The highest BCUT2D eigenvalue weighted by Gasteiger charge is 2.53. The quantitative estimate of drug-likeness (QED) is 0.824. The molecule has 0 amide bonds. The van der Waals surface area contributed by atoms with E-state index in [1.807, 2.05) is 13.1 Å². The Morgan fingerprint density at radius 3 is 2.93 bits per heavy atom. The van der Waals surface area contributed by atoms with E-state index in [-0.39, 0.29) is 11.9 Å². The molecule has 27 heavy (non-hydrogen) atoms. The van der Waals surface area contributed by atoms with Gasteiger partial charge in [-0.05, 0) is 42.2 Å². The molecule has 2 aliphatic heterocycles. The number of hydrogen-bond donors (Lipinski definition) is 0. The van der Waals surface area contributed by atoms with Crippen molar-refractivity contribution < 1.29 is 8.81 Å². The third-order valence-electron chi connectivity index (χ3n) is 6.23. The van der Waals surface area contributed by atoms with Crippen molar-refractivity contribution in [3.63, 3.8) is 0 Å². The number of nitrogens with zero attached hydrogens (tertiary/aromatic N) is 6. The van der Waals surface area contributed by atoms with Crippen LogP contribution in [-0.2, 0) is 0 Å². The molecule has 1 aliphatic carbocycles. The topological polar surface area (TPSA) is 70.7 Å². The Morgan fingerprint density at radius 1 is 1.30 bits per heavy atom. The molecular weight excluding hydrogens is 347 g/mol. The lowest BCUT2D eigenvalue weighted by Gasteiger charge is -2.40. The normalized spacial score (nSPS) is 26.1. The molecule has 2 aromatic rings. The highest BCUT2D eigenvalue weighted by Crippen LogP contribution is 2.56. The molecule has 3 aliphatic rings. The molecule has 2 atom stereocenters. The molecule has 0 bridgehead atoms. The zero-order valence-electron chi connectivity index (χ0n) is 15.4. The molecule has 1 spiro atoms. The number of piperidine rings is 1. The van der Waals surface area contributed by atoms with Gasteiger partial charge in [0.1, 0.15) is 5.82 Å². The number of halogens is 1. The Hall–Kier alpha value is -2.51. The van der Waals surface area contributed by atoms with E-state index in [9.17, 15) is 4.39 Å². The Labute approximate surface area is 157 Å². The van der Waals surface area contributed by atoms with Crippen LogP contribution in [0.25, 0.3) is 0 Å². The predicted octanol–water partition coefficient (Wildman–Crippen LogP) is 2.95. The summed E-state index contributed by atoms with van der Waals surface area (Å²) >= 11 is 0. The largest absolute Gasteiger partial charge is 0.408 e. The van der Waals surface area contributed by atoms with Gasteiger partial charge in [-0.15, -0.1) is 5.10 Å². The molecule has 1 saturated carbocycles. The van der Waals surface area contributed by atoms with Gasteiger partial charge in [0.25, 0.3) is 0 Å². The SMILES string of the molecule is Cc1nnc(N2CCC(CN3N=CCC3c3cncc(F)c3)C3(CC3)C2)o1. The van der Waals surface area contributed by atoms with Crippen molar-refractivity contribution in [2.45, 2.75) is 38.6 Å². The van der Waals surface area contributed by atoms with Crippen LogP contribution < -0.4 is 4.90 Å². The Bertz CT molecular complexity index is 863. The van der Waals surface area contributed by atoms with Crippen molar-refractivity contribution >= 4 is 12.2 Å². The molecule has 7 nitrogen and oxygen atoms in total. The van der Waals surface area contributed by atoms with Crippen molar-refractivity contribution in [3.05, 3.63) is 35.7 Å². The second-order valence-corrected chi connectivity index (χ2v) is 7.98. The average molecular weight is 370 g/mol. The first kappa shape index (κ1) is 16.6. The van der Waals surface area contributed by atoms with Gasteiger partial charge in [0.2, 0.25) is 5.89 Å². The molecule has 5 rings (SSSR count). The van der Waals surface area contributed by atoms with Crippen molar-refractivity contribution in [3.8, 4) is 0 Å². The van der Waals surface area contributed by atoms with E-state index in [0.717, 1.165) is 38.0 Å². The molecule has 1 saturated heterocycles. The lowest BCUT2D eigenvalue weighted by Crippen LogP contribution is -2.45. The standard InChI is InChI=1S/C19H23FN6O/c1-13-23-24-18(27-13)25-7-3-15(19(12-25)4-5-19)11-26-17(2-6-22-26)14-8-16(20)10-21-9-14/h6,8-10,15,17H,2-5,7,11-12H2,1H3. The average Bonchev–Trinajstić information content (AvgIpc) is 3.06. The molecule has 142 valence electrons. The van der Waals surface area contributed by atoms with Crippen molar-refractivity contribution in [2.75, 3.05) is 24.5 Å². The maximum atomic E-state index is 13.6. The first-order valence-corrected chi connectivity index (χ1v) is 9.58. The fourth-order valence-electron chi connectivity index (χ4n) is 4.57. The van der Waals surface area contributed by atoms with E-state index in [0.29, 0.717) is 23.2 Å². The number of pyridine rings is 1. The molecule has 0 N–H and O–H groups in total. The number of anilines is 1. The summed E-state index contributed by atoms with van der Waals surface area (Å²) < 4.78 is 19.2. The minimum absolute atomic E-state index is 0.0839. The van der Waals surface area contributed by atoms with Gasteiger partial charge < -0.3 is 9.32 Å². The maximum Gasteiger partial charge on any atom is 0.318 e. The van der Waals surface area contributed by atoms with Crippen LogP contribution in [0.15, 0.2) is 28.0 Å². The Kier molecular flexibility index (Phi) is 3.87. The minimum atomic E-state index is -0.291. The summed E-state index contributed by atoms with van der Waals surface area (Å²) in [7, 11) is 0. The van der Waals surface area contributed by atoms with E-state index in [4.69, 9.17) is 4.42 Å². The molecule has 4 heterocycles. The molecule has 8 heteroatoms. The van der Waals surface area contributed by atoms with Gasteiger partial charge in [-0.2, -0.15) is 5.10 Å². The lowest BCUT2D eigenvalue weighted by atomic mass is 9.82. The van der Waals surface area contributed by atoms with Crippen molar-refractivity contribution in [1.29, 1.82) is 0 Å². The molecule has 0 radical (unpaired) electrons. The predicted molar refractivity (Wildman–Crippen MR) is 97.8 cm³/mol. The van der Waals surface area contributed by atoms with E-state index in [1.54, 1.807) is 12.3 Å². The van der Waals surface area contributed by atoms with Crippen LogP contribution >= 0.6 is 0 Å². The van der Waals surface area contributed by atoms with Crippen molar-refractivity contribution in [2.24, 2.45) is 16.4 Å². The number of hydrazone groups is 1. The van der Waals surface area contributed by atoms with Gasteiger partial charge in [0.05, 0.1) is 12.2 Å². The van der Waals surface area contributed by atoms with Crippen LogP contribution in [0.5, 0.6) is 0 Å². The summed E-state index contributed by atoms with van der Waals surface area (Å²) in [5.41, 5.74) is 1.21. The highest BCUT2D eigenvalue weighted by atomic mass is 19.1. The lowest BCUT2D eigenvalue weighted by molar-refractivity contribution is 0.134. The molecule has 2 fully saturated rings.